The number of halogens is 2. The number of rotatable bonds is 2. The lowest BCUT2D eigenvalue weighted by Crippen LogP contribution is -2.46. The SMILES string of the molecule is CC1=CC(=O)[C@@](C)(Cl)[C@H](Cl)C1=NS(=O)(=O)c1ccccc1. The van der Waals surface area contributed by atoms with Crippen molar-refractivity contribution in [1.82, 2.24) is 0 Å². The van der Waals surface area contributed by atoms with Crippen LogP contribution in [0.1, 0.15) is 13.8 Å². The minimum atomic E-state index is -3.90. The normalized spacial score (nSPS) is 28.6. The molecule has 7 heteroatoms. The number of alkyl halides is 2. The molecule has 0 unspecified atom stereocenters. The van der Waals surface area contributed by atoms with E-state index in [2.05, 4.69) is 4.40 Å². The number of allylic oxidation sites excluding steroid dienone is 2. The van der Waals surface area contributed by atoms with Gasteiger partial charge in [-0.2, -0.15) is 12.8 Å². The highest BCUT2D eigenvalue weighted by atomic mass is 35.5. The largest absolute Gasteiger partial charge is 0.293 e. The summed E-state index contributed by atoms with van der Waals surface area (Å²) in [6.45, 7) is 3.03. The second-order valence-electron chi connectivity index (χ2n) is 4.89. The lowest BCUT2D eigenvalue weighted by atomic mass is 9.88. The third-order valence-corrected chi connectivity index (χ3v) is 5.67. The van der Waals surface area contributed by atoms with Crippen molar-refractivity contribution in [1.29, 1.82) is 0 Å². The van der Waals surface area contributed by atoms with Crippen molar-refractivity contribution in [3.8, 4) is 0 Å². The van der Waals surface area contributed by atoms with Crippen molar-refractivity contribution in [3.63, 3.8) is 0 Å². The summed E-state index contributed by atoms with van der Waals surface area (Å²) in [4.78, 5) is 10.5. The van der Waals surface area contributed by atoms with Crippen LogP contribution in [0.5, 0.6) is 0 Å². The van der Waals surface area contributed by atoms with Crippen LogP contribution in [-0.2, 0) is 14.8 Å². The van der Waals surface area contributed by atoms with Gasteiger partial charge in [-0.25, -0.2) is 0 Å². The summed E-state index contributed by atoms with van der Waals surface area (Å²) in [7, 11) is -3.90. The molecule has 2 atom stereocenters. The third-order valence-electron chi connectivity index (χ3n) is 3.21. The first-order valence-electron chi connectivity index (χ1n) is 6.12. The summed E-state index contributed by atoms with van der Waals surface area (Å²) in [6, 6.07) is 7.79. The molecule has 0 amide bonds. The minimum absolute atomic E-state index is 0.0577. The third kappa shape index (κ3) is 3.05. The molecule has 0 fully saturated rings. The Morgan fingerprint density at radius 3 is 2.38 bits per heavy atom. The summed E-state index contributed by atoms with van der Waals surface area (Å²) >= 11 is 12.3. The van der Waals surface area contributed by atoms with Crippen molar-refractivity contribution in [3.05, 3.63) is 42.0 Å². The van der Waals surface area contributed by atoms with Gasteiger partial charge in [-0.05, 0) is 37.6 Å². The van der Waals surface area contributed by atoms with Gasteiger partial charge in [-0.1, -0.05) is 18.2 Å². The molecule has 112 valence electrons. The van der Waals surface area contributed by atoms with Crippen LogP contribution < -0.4 is 0 Å². The fourth-order valence-corrected chi connectivity index (χ4v) is 3.55. The molecule has 1 aliphatic carbocycles. The lowest BCUT2D eigenvalue weighted by molar-refractivity contribution is -0.116. The summed E-state index contributed by atoms with van der Waals surface area (Å²) in [5.74, 6) is -0.363. The summed E-state index contributed by atoms with van der Waals surface area (Å²) in [6.07, 6.45) is 1.27. The van der Waals surface area contributed by atoms with Crippen LogP contribution in [0.2, 0.25) is 0 Å². The molecule has 0 N–H and O–H groups in total. The Kier molecular flexibility index (Phi) is 4.29. The van der Waals surface area contributed by atoms with E-state index >= 15 is 0 Å². The average Bonchev–Trinajstić information content (AvgIpc) is 2.43. The van der Waals surface area contributed by atoms with Crippen LogP contribution in [0.3, 0.4) is 0 Å². The zero-order valence-electron chi connectivity index (χ0n) is 11.4. The van der Waals surface area contributed by atoms with Crippen molar-refractivity contribution >= 4 is 44.7 Å². The lowest BCUT2D eigenvalue weighted by Gasteiger charge is -2.30. The highest BCUT2D eigenvalue weighted by Gasteiger charge is 2.44. The fraction of sp³-hybridized carbons (Fsp3) is 0.286. The maximum atomic E-state index is 12.3. The smallest absolute Gasteiger partial charge is 0.282 e. The molecule has 1 aromatic rings. The van der Waals surface area contributed by atoms with Crippen LogP contribution in [0, 0.1) is 0 Å². The Bertz CT molecular complexity index is 737. The van der Waals surface area contributed by atoms with E-state index in [0.29, 0.717) is 5.57 Å². The molecule has 0 saturated heterocycles. The Morgan fingerprint density at radius 1 is 1.24 bits per heavy atom. The second kappa shape index (κ2) is 5.55. The van der Waals surface area contributed by atoms with Gasteiger partial charge in [0.2, 0.25) is 0 Å². The molecule has 21 heavy (non-hydrogen) atoms. The molecule has 1 aromatic carbocycles. The van der Waals surface area contributed by atoms with E-state index in [-0.39, 0.29) is 16.4 Å². The molecule has 0 aliphatic heterocycles. The molecule has 0 bridgehead atoms. The van der Waals surface area contributed by atoms with Gasteiger partial charge in [0.25, 0.3) is 10.0 Å². The number of ketones is 1. The Balaban J connectivity index is 2.55. The van der Waals surface area contributed by atoms with Crippen molar-refractivity contribution < 1.29 is 13.2 Å². The quantitative estimate of drug-likeness (QED) is 0.774. The van der Waals surface area contributed by atoms with E-state index in [9.17, 15) is 13.2 Å². The first-order chi connectivity index (χ1) is 9.66. The highest BCUT2D eigenvalue weighted by Crippen LogP contribution is 2.34. The summed E-state index contributed by atoms with van der Waals surface area (Å²) in [5.41, 5.74) is 0.496. The zero-order valence-corrected chi connectivity index (χ0v) is 13.7. The van der Waals surface area contributed by atoms with Gasteiger partial charge in [0.05, 0.1) is 10.6 Å². The summed E-state index contributed by atoms with van der Waals surface area (Å²) < 4.78 is 28.3. The van der Waals surface area contributed by atoms with Gasteiger partial charge in [0, 0.05) is 0 Å². The zero-order chi connectivity index (χ0) is 15.8. The second-order valence-corrected chi connectivity index (χ2v) is 7.72. The van der Waals surface area contributed by atoms with E-state index in [1.165, 1.54) is 25.1 Å². The molecule has 0 spiro atoms. The number of hydrogen-bond donors (Lipinski definition) is 0. The minimum Gasteiger partial charge on any atom is -0.293 e. The van der Waals surface area contributed by atoms with Crippen LogP contribution >= 0.6 is 23.2 Å². The predicted molar refractivity (Wildman–Crippen MR) is 83.7 cm³/mol. The standard InChI is InChI=1S/C14H13Cl2NO3S/c1-9-8-11(18)14(2,16)13(15)12(9)17-21(19,20)10-6-4-3-5-7-10/h3-8,13H,1-2H3/t13-,14-/m1/s1. The van der Waals surface area contributed by atoms with E-state index in [1.54, 1.807) is 25.1 Å². The number of benzene rings is 1. The number of sulfonamides is 1. The molecular weight excluding hydrogens is 333 g/mol. The van der Waals surface area contributed by atoms with Crippen LogP contribution in [0.4, 0.5) is 0 Å². The van der Waals surface area contributed by atoms with E-state index in [0.717, 1.165) is 0 Å². The Morgan fingerprint density at radius 2 is 1.81 bits per heavy atom. The van der Waals surface area contributed by atoms with Gasteiger partial charge in [-0.15, -0.1) is 23.2 Å². The monoisotopic (exact) mass is 345 g/mol. The number of hydrogen-bond acceptors (Lipinski definition) is 3. The first-order valence-corrected chi connectivity index (χ1v) is 8.37. The highest BCUT2D eigenvalue weighted by molar-refractivity contribution is 7.90. The Labute approximate surface area is 133 Å². The van der Waals surface area contributed by atoms with Crippen LogP contribution in [-0.4, -0.2) is 30.2 Å². The van der Waals surface area contributed by atoms with E-state index < -0.39 is 20.3 Å². The molecule has 4 nitrogen and oxygen atoms in total. The molecule has 0 heterocycles. The van der Waals surface area contributed by atoms with Gasteiger partial charge in [-0.3, -0.25) is 4.79 Å². The van der Waals surface area contributed by atoms with Crippen LogP contribution in [0.15, 0.2) is 51.3 Å². The van der Waals surface area contributed by atoms with E-state index in [1.807, 2.05) is 0 Å². The van der Waals surface area contributed by atoms with Crippen molar-refractivity contribution in [2.45, 2.75) is 29.0 Å². The number of carbonyl (C=O) groups is 1. The van der Waals surface area contributed by atoms with Crippen LogP contribution in [0.25, 0.3) is 0 Å². The van der Waals surface area contributed by atoms with Crippen molar-refractivity contribution in [2.75, 3.05) is 0 Å². The van der Waals surface area contributed by atoms with Gasteiger partial charge in [0.15, 0.2) is 5.78 Å². The van der Waals surface area contributed by atoms with Gasteiger partial charge < -0.3 is 0 Å². The molecular formula is C14H13Cl2NO3S. The van der Waals surface area contributed by atoms with Gasteiger partial charge >= 0.3 is 0 Å². The predicted octanol–water partition coefficient (Wildman–Crippen LogP) is 2.95. The van der Waals surface area contributed by atoms with E-state index in [4.69, 9.17) is 23.2 Å². The molecule has 0 radical (unpaired) electrons. The average molecular weight is 346 g/mol. The Hall–Kier alpha value is -1.17. The maximum Gasteiger partial charge on any atom is 0.282 e. The topological polar surface area (TPSA) is 63.6 Å². The maximum absolute atomic E-state index is 12.3. The number of carbonyl (C=O) groups excluding carboxylic acids is 1. The first kappa shape index (κ1) is 16.2. The molecule has 1 aliphatic rings. The summed E-state index contributed by atoms with van der Waals surface area (Å²) in [5, 5.41) is -1.02. The molecule has 0 aromatic heterocycles. The number of nitrogens with zero attached hydrogens (tertiary/aromatic N) is 1. The molecule has 2 rings (SSSR count). The fourth-order valence-electron chi connectivity index (χ4n) is 1.89. The van der Waals surface area contributed by atoms with Crippen molar-refractivity contribution in [2.24, 2.45) is 4.40 Å². The molecule has 0 saturated carbocycles. The van der Waals surface area contributed by atoms with Gasteiger partial charge in [0.1, 0.15) is 10.3 Å².